The zero-order valence-corrected chi connectivity index (χ0v) is 11.4. The second kappa shape index (κ2) is 7.19. The Kier molecular flexibility index (Phi) is 5.89. The fraction of sp³-hybridized carbons (Fsp3) is 0.714. The molecule has 3 N–H and O–H groups in total. The van der Waals surface area contributed by atoms with Gasteiger partial charge in [0, 0.05) is 6.42 Å². The van der Waals surface area contributed by atoms with E-state index in [1.807, 2.05) is 19.9 Å². The summed E-state index contributed by atoms with van der Waals surface area (Å²) in [7, 11) is 0. The SMILES string of the molecule is CC(C)=CC[C@@H](NC(=O)CC1CCCC1)C(N)=O. The van der Waals surface area contributed by atoms with Gasteiger partial charge in [-0.05, 0) is 39.0 Å². The quantitative estimate of drug-likeness (QED) is 0.709. The van der Waals surface area contributed by atoms with Gasteiger partial charge in [0.1, 0.15) is 6.04 Å². The Hall–Kier alpha value is -1.32. The molecule has 1 atom stereocenters. The van der Waals surface area contributed by atoms with Gasteiger partial charge in [-0.2, -0.15) is 0 Å². The van der Waals surface area contributed by atoms with Gasteiger partial charge in [0.15, 0.2) is 0 Å². The number of amides is 2. The maximum absolute atomic E-state index is 11.8. The highest BCUT2D eigenvalue weighted by Gasteiger charge is 2.21. The van der Waals surface area contributed by atoms with Gasteiger partial charge >= 0.3 is 0 Å². The van der Waals surface area contributed by atoms with Crippen LogP contribution in [-0.2, 0) is 9.59 Å². The monoisotopic (exact) mass is 252 g/mol. The van der Waals surface area contributed by atoms with Crippen molar-refractivity contribution in [3.05, 3.63) is 11.6 Å². The molecule has 102 valence electrons. The van der Waals surface area contributed by atoms with Crippen molar-refractivity contribution in [1.29, 1.82) is 0 Å². The van der Waals surface area contributed by atoms with Gasteiger partial charge in [-0.15, -0.1) is 0 Å². The molecule has 0 bridgehead atoms. The summed E-state index contributed by atoms with van der Waals surface area (Å²) in [4.78, 5) is 23.1. The van der Waals surface area contributed by atoms with Gasteiger partial charge in [0.25, 0.3) is 0 Å². The van der Waals surface area contributed by atoms with Gasteiger partial charge in [-0.3, -0.25) is 9.59 Å². The second-order valence-corrected chi connectivity index (χ2v) is 5.39. The molecule has 0 aromatic heterocycles. The first-order chi connectivity index (χ1) is 8.49. The number of allylic oxidation sites excluding steroid dienone is 1. The Morgan fingerprint density at radius 2 is 1.94 bits per heavy atom. The van der Waals surface area contributed by atoms with E-state index in [9.17, 15) is 9.59 Å². The minimum Gasteiger partial charge on any atom is -0.368 e. The molecule has 0 aromatic rings. The number of hydrogen-bond donors (Lipinski definition) is 2. The third-order valence-corrected chi connectivity index (χ3v) is 3.39. The lowest BCUT2D eigenvalue weighted by Gasteiger charge is -2.15. The van der Waals surface area contributed by atoms with Crippen molar-refractivity contribution in [3.63, 3.8) is 0 Å². The fourth-order valence-electron chi connectivity index (χ4n) is 2.33. The Morgan fingerprint density at radius 3 is 2.44 bits per heavy atom. The second-order valence-electron chi connectivity index (χ2n) is 5.39. The van der Waals surface area contributed by atoms with E-state index in [1.54, 1.807) is 0 Å². The Labute approximate surface area is 109 Å². The molecule has 4 nitrogen and oxygen atoms in total. The molecule has 0 aliphatic heterocycles. The molecule has 1 saturated carbocycles. The Morgan fingerprint density at radius 1 is 1.33 bits per heavy atom. The van der Waals surface area contributed by atoms with Crippen molar-refractivity contribution in [2.45, 2.75) is 58.4 Å². The summed E-state index contributed by atoms with van der Waals surface area (Å²) in [5.74, 6) is -0.0258. The molecular formula is C14H24N2O2. The van der Waals surface area contributed by atoms with Crippen LogP contribution in [0.4, 0.5) is 0 Å². The largest absolute Gasteiger partial charge is 0.368 e. The third-order valence-electron chi connectivity index (χ3n) is 3.39. The highest BCUT2D eigenvalue weighted by atomic mass is 16.2. The molecule has 0 spiro atoms. The number of rotatable bonds is 6. The summed E-state index contributed by atoms with van der Waals surface area (Å²) in [6.07, 6.45) is 7.62. The van der Waals surface area contributed by atoms with Crippen LogP contribution in [0.2, 0.25) is 0 Å². The summed E-state index contributed by atoms with van der Waals surface area (Å²) in [5, 5.41) is 2.74. The van der Waals surface area contributed by atoms with E-state index >= 15 is 0 Å². The summed E-state index contributed by atoms with van der Waals surface area (Å²) >= 11 is 0. The zero-order valence-electron chi connectivity index (χ0n) is 11.4. The van der Waals surface area contributed by atoms with Crippen molar-refractivity contribution in [2.24, 2.45) is 11.7 Å². The first kappa shape index (κ1) is 14.7. The van der Waals surface area contributed by atoms with Crippen LogP contribution in [0.1, 0.15) is 52.4 Å². The highest BCUT2D eigenvalue weighted by Crippen LogP contribution is 2.27. The predicted octanol–water partition coefficient (Wildman–Crippen LogP) is 1.89. The van der Waals surface area contributed by atoms with Crippen LogP contribution in [0, 0.1) is 5.92 Å². The molecule has 18 heavy (non-hydrogen) atoms. The minimum atomic E-state index is -0.575. The van der Waals surface area contributed by atoms with Gasteiger partial charge in [-0.25, -0.2) is 0 Å². The molecule has 1 aliphatic rings. The summed E-state index contributed by atoms with van der Waals surface area (Å²) in [6.45, 7) is 3.91. The molecule has 1 rings (SSSR count). The van der Waals surface area contributed by atoms with Crippen LogP contribution in [0.25, 0.3) is 0 Å². The summed E-state index contributed by atoms with van der Waals surface area (Å²) in [5.41, 5.74) is 6.41. The van der Waals surface area contributed by atoms with Crippen molar-refractivity contribution >= 4 is 11.8 Å². The highest BCUT2D eigenvalue weighted by molar-refractivity contribution is 5.86. The minimum absolute atomic E-state index is 0.0483. The van der Waals surface area contributed by atoms with Gasteiger partial charge in [0.2, 0.25) is 11.8 Å². The first-order valence-corrected chi connectivity index (χ1v) is 6.71. The molecule has 0 radical (unpaired) electrons. The lowest BCUT2D eigenvalue weighted by atomic mass is 10.0. The average Bonchev–Trinajstić information content (AvgIpc) is 2.76. The van der Waals surface area contributed by atoms with Crippen molar-refractivity contribution in [2.75, 3.05) is 0 Å². The van der Waals surface area contributed by atoms with Crippen molar-refractivity contribution < 1.29 is 9.59 Å². The molecule has 1 aliphatic carbocycles. The predicted molar refractivity (Wildman–Crippen MR) is 71.7 cm³/mol. The maximum Gasteiger partial charge on any atom is 0.240 e. The normalized spacial score (nSPS) is 17.2. The lowest BCUT2D eigenvalue weighted by Crippen LogP contribution is -2.44. The summed E-state index contributed by atoms with van der Waals surface area (Å²) < 4.78 is 0. The molecule has 0 saturated heterocycles. The van der Waals surface area contributed by atoms with E-state index in [0.717, 1.165) is 18.4 Å². The van der Waals surface area contributed by atoms with Crippen LogP contribution < -0.4 is 11.1 Å². The van der Waals surface area contributed by atoms with E-state index in [2.05, 4.69) is 5.32 Å². The smallest absolute Gasteiger partial charge is 0.240 e. The Bertz CT molecular complexity index is 327. The van der Waals surface area contributed by atoms with E-state index in [4.69, 9.17) is 5.73 Å². The van der Waals surface area contributed by atoms with Crippen LogP contribution >= 0.6 is 0 Å². The van der Waals surface area contributed by atoms with Crippen LogP contribution in [-0.4, -0.2) is 17.9 Å². The summed E-state index contributed by atoms with van der Waals surface area (Å²) in [6, 6.07) is -0.575. The molecule has 4 heteroatoms. The average molecular weight is 252 g/mol. The van der Waals surface area contributed by atoms with Crippen molar-refractivity contribution in [1.82, 2.24) is 5.32 Å². The first-order valence-electron chi connectivity index (χ1n) is 6.71. The lowest BCUT2D eigenvalue weighted by molar-refractivity contribution is -0.127. The number of primary amides is 1. The Balaban J connectivity index is 2.41. The molecule has 1 fully saturated rings. The van der Waals surface area contributed by atoms with Gasteiger partial charge in [0.05, 0.1) is 0 Å². The number of carbonyl (C=O) groups is 2. The number of hydrogen-bond acceptors (Lipinski definition) is 2. The zero-order chi connectivity index (χ0) is 13.5. The molecule has 0 aromatic carbocycles. The molecular weight excluding hydrogens is 228 g/mol. The van der Waals surface area contributed by atoms with E-state index in [1.165, 1.54) is 12.8 Å². The van der Waals surface area contributed by atoms with Gasteiger partial charge in [-0.1, -0.05) is 24.5 Å². The van der Waals surface area contributed by atoms with E-state index < -0.39 is 11.9 Å². The molecule has 2 amide bonds. The number of nitrogens with two attached hydrogens (primary N) is 1. The third kappa shape index (κ3) is 5.34. The van der Waals surface area contributed by atoms with Crippen LogP contribution in [0.15, 0.2) is 11.6 Å². The number of carbonyl (C=O) groups excluding carboxylic acids is 2. The topological polar surface area (TPSA) is 72.2 Å². The van der Waals surface area contributed by atoms with E-state index in [-0.39, 0.29) is 5.91 Å². The fourth-order valence-corrected chi connectivity index (χ4v) is 2.33. The molecule has 0 unspecified atom stereocenters. The van der Waals surface area contributed by atoms with Crippen LogP contribution in [0.5, 0.6) is 0 Å². The van der Waals surface area contributed by atoms with Gasteiger partial charge < -0.3 is 11.1 Å². The standard InChI is InChI=1S/C14H24N2O2/c1-10(2)7-8-12(14(15)18)16-13(17)9-11-5-3-4-6-11/h7,11-12H,3-6,8-9H2,1-2H3,(H2,15,18)(H,16,17)/t12-/m1/s1. The number of nitrogens with one attached hydrogen (secondary N) is 1. The van der Waals surface area contributed by atoms with E-state index in [0.29, 0.717) is 18.8 Å². The molecule has 0 heterocycles. The maximum atomic E-state index is 11.8. The van der Waals surface area contributed by atoms with Crippen LogP contribution in [0.3, 0.4) is 0 Å². The van der Waals surface area contributed by atoms with Crippen molar-refractivity contribution in [3.8, 4) is 0 Å².